The SMILES string of the molecule is O=c1oc2ccc(Br)cc2c2c1Sc1ccccc1N2. The van der Waals surface area contributed by atoms with Crippen molar-refractivity contribution in [2.75, 3.05) is 5.32 Å². The van der Waals surface area contributed by atoms with Crippen molar-refractivity contribution < 1.29 is 4.42 Å². The van der Waals surface area contributed by atoms with E-state index in [1.54, 1.807) is 6.07 Å². The van der Waals surface area contributed by atoms with Gasteiger partial charge in [0.25, 0.3) is 0 Å². The maximum Gasteiger partial charge on any atom is 0.352 e. The maximum atomic E-state index is 12.1. The lowest BCUT2D eigenvalue weighted by Crippen LogP contribution is -2.10. The minimum Gasteiger partial charge on any atom is -0.422 e. The van der Waals surface area contributed by atoms with Crippen LogP contribution in [0.25, 0.3) is 11.0 Å². The Morgan fingerprint density at radius 2 is 2.00 bits per heavy atom. The maximum absolute atomic E-state index is 12.1. The summed E-state index contributed by atoms with van der Waals surface area (Å²) in [7, 11) is 0. The molecule has 20 heavy (non-hydrogen) atoms. The first-order valence-electron chi connectivity index (χ1n) is 6.02. The molecule has 0 aliphatic carbocycles. The predicted molar refractivity (Wildman–Crippen MR) is 84.0 cm³/mol. The van der Waals surface area contributed by atoms with Crippen LogP contribution in [0.4, 0.5) is 11.4 Å². The highest BCUT2D eigenvalue weighted by Crippen LogP contribution is 2.45. The number of anilines is 2. The van der Waals surface area contributed by atoms with Crippen LogP contribution >= 0.6 is 27.7 Å². The highest BCUT2D eigenvalue weighted by atomic mass is 79.9. The van der Waals surface area contributed by atoms with E-state index in [1.165, 1.54) is 11.8 Å². The standard InChI is InChI=1S/C15H8BrNO2S/c16-8-5-6-11-9(7-8)13-14(15(18)19-11)20-12-4-2-1-3-10(12)17-13/h1-7,17H. The lowest BCUT2D eigenvalue weighted by atomic mass is 10.2. The molecule has 0 saturated carbocycles. The summed E-state index contributed by atoms with van der Waals surface area (Å²) < 4.78 is 6.34. The summed E-state index contributed by atoms with van der Waals surface area (Å²) in [5, 5.41) is 4.25. The van der Waals surface area contributed by atoms with E-state index < -0.39 is 0 Å². The number of para-hydroxylation sites is 1. The van der Waals surface area contributed by atoms with Gasteiger partial charge < -0.3 is 9.73 Å². The summed E-state index contributed by atoms with van der Waals surface area (Å²) in [6, 6.07) is 13.5. The Bertz CT molecular complexity index is 904. The number of nitrogens with one attached hydrogen (secondary N) is 1. The van der Waals surface area contributed by atoms with Crippen LogP contribution in [0.2, 0.25) is 0 Å². The van der Waals surface area contributed by atoms with Gasteiger partial charge in [0.1, 0.15) is 10.5 Å². The predicted octanol–water partition coefficient (Wildman–Crippen LogP) is 4.76. The summed E-state index contributed by atoms with van der Waals surface area (Å²) in [5.41, 5.74) is 2.12. The number of hydrogen-bond donors (Lipinski definition) is 1. The van der Waals surface area contributed by atoms with Gasteiger partial charge in [-0.2, -0.15) is 0 Å². The van der Waals surface area contributed by atoms with Crippen LogP contribution in [0.5, 0.6) is 0 Å². The Labute approximate surface area is 127 Å². The van der Waals surface area contributed by atoms with Crippen molar-refractivity contribution in [1.29, 1.82) is 0 Å². The summed E-state index contributed by atoms with van der Waals surface area (Å²) in [4.78, 5) is 13.8. The van der Waals surface area contributed by atoms with Crippen LogP contribution in [-0.2, 0) is 0 Å². The van der Waals surface area contributed by atoms with E-state index >= 15 is 0 Å². The molecule has 2 heterocycles. The number of fused-ring (bicyclic) bond motifs is 4. The van der Waals surface area contributed by atoms with Gasteiger partial charge in [-0.25, -0.2) is 4.79 Å². The van der Waals surface area contributed by atoms with E-state index in [0.29, 0.717) is 10.5 Å². The monoisotopic (exact) mass is 345 g/mol. The molecule has 98 valence electrons. The van der Waals surface area contributed by atoms with Crippen LogP contribution in [0, 0.1) is 0 Å². The average molecular weight is 346 g/mol. The number of benzene rings is 2. The molecule has 0 spiro atoms. The van der Waals surface area contributed by atoms with Crippen molar-refractivity contribution in [2.45, 2.75) is 9.79 Å². The molecule has 0 unspecified atom stereocenters. The summed E-state index contributed by atoms with van der Waals surface area (Å²) in [6.45, 7) is 0. The minimum atomic E-state index is -0.304. The summed E-state index contributed by atoms with van der Waals surface area (Å²) >= 11 is 4.90. The quantitative estimate of drug-likeness (QED) is 0.466. The molecule has 0 amide bonds. The Morgan fingerprint density at radius 3 is 2.90 bits per heavy atom. The average Bonchev–Trinajstić information content (AvgIpc) is 2.47. The second kappa shape index (κ2) is 4.40. The largest absolute Gasteiger partial charge is 0.422 e. The summed E-state index contributed by atoms with van der Waals surface area (Å²) in [5.74, 6) is 0. The molecule has 1 aromatic heterocycles. The van der Waals surface area contributed by atoms with Gasteiger partial charge in [-0.05, 0) is 30.3 Å². The van der Waals surface area contributed by atoms with Crippen molar-refractivity contribution in [3.05, 3.63) is 57.4 Å². The second-order valence-electron chi connectivity index (χ2n) is 4.46. The van der Waals surface area contributed by atoms with E-state index in [9.17, 15) is 4.79 Å². The van der Waals surface area contributed by atoms with Gasteiger partial charge in [0.2, 0.25) is 0 Å². The molecule has 3 nitrogen and oxygen atoms in total. The first kappa shape index (κ1) is 12.1. The first-order chi connectivity index (χ1) is 9.72. The number of halogens is 1. The molecule has 4 rings (SSSR count). The lowest BCUT2D eigenvalue weighted by molar-refractivity contribution is 0.544. The molecule has 5 heteroatoms. The molecular formula is C15H8BrNO2S. The van der Waals surface area contributed by atoms with Gasteiger partial charge in [0.15, 0.2) is 0 Å². The van der Waals surface area contributed by atoms with Gasteiger partial charge in [-0.1, -0.05) is 39.8 Å². The van der Waals surface area contributed by atoms with Crippen molar-refractivity contribution in [1.82, 2.24) is 0 Å². The Balaban J connectivity index is 2.05. The van der Waals surface area contributed by atoms with Crippen LogP contribution in [0.1, 0.15) is 0 Å². The van der Waals surface area contributed by atoms with E-state index in [1.807, 2.05) is 36.4 Å². The van der Waals surface area contributed by atoms with Gasteiger partial charge in [-0.15, -0.1) is 0 Å². The molecule has 3 aromatic rings. The third-order valence-electron chi connectivity index (χ3n) is 3.18. The Kier molecular flexibility index (Phi) is 2.65. The van der Waals surface area contributed by atoms with E-state index in [-0.39, 0.29) is 5.63 Å². The molecule has 0 fully saturated rings. The van der Waals surface area contributed by atoms with Crippen LogP contribution in [-0.4, -0.2) is 0 Å². The fourth-order valence-electron chi connectivity index (χ4n) is 2.28. The number of hydrogen-bond acceptors (Lipinski definition) is 4. The first-order valence-corrected chi connectivity index (χ1v) is 7.63. The van der Waals surface area contributed by atoms with Crippen molar-refractivity contribution in [2.24, 2.45) is 0 Å². The van der Waals surface area contributed by atoms with Gasteiger partial charge >= 0.3 is 5.63 Å². The highest BCUT2D eigenvalue weighted by Gasteiger charge is 2.22. The topological polar surface area (TPSA) is 42.2 Å². The third kappa shape index (κ3) is 1.77. The summed E-state index contributed by atoms with van der Waals surface area (Å²) in [6.07, 6.45) is 0. The Hall–Kier alpha value is -1.72. The highest BCUT2D eigenvalue weighted by molar-refractivity contribution is 9.10. The molecule has 1 aliphatic rings. The fraction of sp³-hybridized carbons (Fsp3) is 0. The normalized spacial score (nSPS) is 12.7. The molecule has 0 atom stereocenters. The number of rotatable bonds is 0. The zero-order chi connectivity index (χ0) is 13.7. The van der Waals surface area contributed by atoms with Crippen molar-refractivity contribution in [3.63, 3.8) is 0 Å². The van der Waals surface area contributed by atoms with E-state index in [2.05, 4.69) is 21.2 Å². The molecule has 1 aliphatic heterocycles. The molecule has 0 saturated heterocycles. The third-order valence-corrected chi connectivity index (χ3v) is 4.83. The molecule has 1 N–H and O–H groups in total. The van der Waals surface area contributed by atoms with Crippen molar-refractivity contribution >= 4 is 50.0 Å². The fourth-order valence-corrected chi connectivity index (χ4v) is 3.62. The van der Waals surface area contributed by atoms with Crippen LogP contribution in [0.3, 0.4) is 0 Å². The van der Waals surface area contributed by atoms with Gasteiger partial charge in [0.05, 0.1) is 11.4 Å². The zero-order valence-electron chi connectivity index (χ0n) is 10.1. The lowest BCUT2D eigenvalue weighted by Gasteiger charge is -2.20. The van der Waals surface area contributed by atoms with Gasteiger partial charge in [0, 0.05) is 14.8 Å². The van der Waals surface area contributed by atoms with Crippen molar-refractivity contribution in [3.8, 4) is 0 Å². The molecule has 0 radical (unpaired) electrons. The molecule has 0 bridgehead atoms. The minimum absolute atomic E-state index is 0.304. The zero-order valence-corrected chi connectivity index (χ0v) is 12.5. The molecule has 2 aromatic carbocycles. The van der Waals surface area contributed by atoms with Crippen LogP contribution in [0.15, 0.2) is 65.9 Å². The Morgan fingerprint density at radius 1 is 1.15 bits per heavy atom. The molecular weight excluding hydrogens is 338 g/mol. The van der Waals surface area contributed by atoms with Crippen LogP contribution < -0.4 is 10.9 Å². The second-order valence-corrected chi connectivity index (χ2v) is 6.43. The van der Waals surface area contributed by atoms with E-state index in [0.717, 1.165) is 26.1 Å². The van der Waals surface area contributed by atoms with Gasteiger partial charge in [-0.3, -0.25) is 0 Å². The smallest absolute Gasteiger partial charge is 0.352 e. The van der Waals surface area contributed by atoms with E-state index in [4.69, 9.17) is 4.42 Å².